The third-order valence-corrected chi connectivity index (χ3v) is 5.36. The number of rotatable bonds is 4. The summed E-state index contributed by atoms with van der Waals surface area (Å²) in [5.74, 6) is -0.0216. The highest BCUT2D eigenvalue weighted by Gasteiger charge is 2.36. The number of Topliss-reactive ketones (excluding diaryl/α,β-unsaturated/α-hetero) is 1. The van der Waals surface area contributed by atoms with Gasteiger partial charge in [0.2, 0.25) is 11.8 Å². The van der Waals surface area contributed by atoms with Gasteiger partial charge in [-0.3, -0.25) is 14.4 Å². The molecular formula is C25H27N5O3. The summed E-state index contributed by atoms with van der Waals surface area (Å²) in [6.07, 6.45) is 1.60. The molecule has 0 radical (unpaired) electrons. The second-order valence-electron chi connectivity index (χ2n) is 9.16. The summed E-state index contributed by atoms with van der Waals surface area (Å²) in [5, 5.41) is 6.07. The first kappa shape index (κ1) is 22.3. The van der Waals surface area contributed by atoms with Gasteiger partial charge in [0.1, 0.15) is 5.82 Å². The summed E-state index contributed by atoms with van der Waals surface area (Å²) < 4.78 is 0. The molecular weight excluding hydrogens is 418 g/mol. The van der Waals surface area contributed by atoms with Crippen LogP contribution in [-0.2, 0) is 16.1 Å². The maximum atomic E-state index is 13.3. The zero-order valence-corrected chi connectivity index (χ0v) is 19.2. The molecule has 1 aliphatic heterocycles. The number of H-pyrrole nitrogens is 1. The van der Waals surface area contributed by atoms with E-state index in [1.165, 1.54) is 6.92 Å². The monoisotopic (exact) mass is 445 g/mol. The predicted molar refractivity (Wildman–Crippen MR) is 127 cm³/mol. The van der Waals surface area contributed by atoms with Gasteiger partial charge in [0, 0.05) is 35.5 Å². The lowest BCUT2D eigenvalue weighted by atomic mass is 9.93. The number of fused-ring (bicyclic) bond motifs is 1. The number of nitrogens with one attached hydrogen (secondary N) is 3. The van der Waals surface area contributed by atoms with Crippen LogP contribution in [0.1, 0.15) is 43.7 Å². The number of aromatic nitrogens is 2. The molecule has 170 valence electrons. The van der Waals surface area contributed by atoms with E-state index in [4.69, 9.17) is 0 Å². The molecule has 0 aliphatic carbocycles. The van der Waals surface area contributed by atoms with Crippen molar-refractivity contribution in [2.45, 2.75) is 34.2 Å². The predicted octanol–water partition coefficient (Wildman–Crippen LogP) is 4.35. The summed E-state index contributed by atoms with van der Waals surface area (Å²) in [7, 11) is 0. The quantitative estimate of drug-likeness (QED) is 0.553. The molecule has 8 heteroatoms. The molecule has 1 aliphatic rings. The van der Waals surface area contributed by atoms with Crippen molar-refractivity contribution in [2.24, 2.45) is 5.41 Å². The molecule has 0 bridgehead atoms. The number of benzene rings is 1. The van der Waals surface area contributed by atoms with Crippen molar-refractivity contribution in [2.75, 3.05) is 17.2 Å². The third-order valence-electron chi connectivity index (χ3n) is 5.36. The Morgan fingerprint density at radius 1 is 1.09 bits per heavy atom. The van der Waals surface area contributed by atoms with Gasteiger partial charge in [-0.15, -0.1) is 0 Å². The van der Waals surface area contributed by atoms with Crippen molar-refractivity contribution >= 4 is 34.8 Å². The number of anilines is 3. The molecule has 8 nitrogen and oxygen atoms in total. The highest BCUT2D eigenvalue weighted by molar-refractivity contribution is 6.09. The zero-order valence-electron chi connectivity index (χ0n) is 19.2. The average Bonchev–Trinajstić information content (AvgIpc) is 3.11. The Kier molecular flexibility index (Phi) is 5.76. The van der Waals surface area contributed by atoms with Crippen LogP contribution in [0, 0.1) is 5.41 Å². The van der Waals surface area contributed by atoms with Crippen LogP contribution >= 0.6 is 0 Å². The van der Waals surface area contributed by atoms with E-state index in [0.717, 1.165) is 11.3 Å². The summed E-state index contributed by atoms with van der Waals surface area (Å²) >= 11 is 0. The molecule has 0 atom stereocenters. The lowest BCUT2D eigenvalue weighted by molar-refractivity contribution is -0.139. The fraction of sp³-hybridized carbons (Fsp3) is 0.280. The minimum absolute atomic E-state index is 0.0252. The highest BCUT2D eigenvalue weighted by Crippen LogP contribution is 2.39. The fourth-order valence-electron chi connectivity index (χ4n) is 3.94. The summed E-state index contributed by atoms with van der Waals surface area (Å²) in [4.78, 5) is 46.8. The van der Waals surface area contributed by atoms with Crippen LogP contribution in [0.2, 0.25) is 0 Å². The molecule has 1 aromatic carbocycles. The first-order chi connectivity index (χ1) is 15.6. The minimum atomic E-state index is -0.587. The van der Waals surface area contributed by atoms with Gasteiger partial charge in [0.15, 0.2) is 5.78 Å². The van der Waals surface area contributed by atoms with Gasteiger partial charge in [0.25, 0.3) is 0 Å². The Labute approximate surface area is 192 Å². The van der Waals surface area contributed by atoms with Crippen molar-refractivity contribution in [1.82, 2.24) is 14.9 Å². The van der Waals surface area contributed by atoms with Crippen LogP contribution < -0.4 is 10.6 Å². The first-order valence-electron chi connectivity index (χ1n) is 10.8. The molecule has 2 amide bonds. The van der Waals surface area contributed by atoms with Crippen LogP contribution in [-0.4, -0.2) is 39.0 Å². The second-order valence-corrected chi connectivity index (χ2v) is 9.16. The largest absolute Gasteiger partial charge is 0.355 e. The van der Waals surface area contributed by atoms with Gasteiger partial charge in [-0.2, -0.15) is 0 Å². The molecule has 3 aromatic rings. The van der Waals surface area contributed by atoms with Gasteiger partial charge < -0.3 is 20.5 Å². The van der Waals surface area contributed by atoms with Crippen molar-refractivity contribution in [1.29, 1.82) is 0 Å². The van der Waals surface area contributed by atoms with Crippen LogP contribution in [0.5, 0.6) is 0 Å². The number of ketones is 1. The molecule has 0 fully saturated rings. The highest BCUT2D eigenvalue weighted by atomic mass is 16.2. The first-order valence-corrected chi connectivity index (χ1v) is 10.8. The van der Waals surface area contributed by atoms with Gasteiger partial charge in [0.05, 0.1) is 30.0 Å². The van der Waals surface area contributed by atoms with E-state index in [0.29, 0.717) is 35.0 Å². The van der Waals surface area contributed by atoms with E-state index in [1.54, 1.807) is 23.2 Å². The Hall–Kier alpha value is -3.94. The van der Waals surface area contributed by atoms with E-state index in [2.05, 4.69) is 20.6 Å². The zero-order chi connectivity index (χ0) is 23.8. The van der Waals surface area contributed by atoms with Crippen molar-refractivity contribution in [3.63, 3.8) is 0 Å². The number of amides is 2. The van der Waals surface area contributed by atoms with Gasteiger partial charge in [-0.1, -0.05) is 39.0 Å². The number of pyridine rings is 1. The molecule has 3 N–H and O–H groups in total. The van der Waals surface area contributed by atoms with E-state index < -0.39 is 5.41 Å². The van der Waals surface area contributed by atoms with Gasteiger partial charge in [-0.05, 0) is 24.3 Å². The maximum absolute atomic E-state index is 13.3. The standard InChI is InChI=1S/C25H27N5O3/c1-15(31)27-20-12-16(10-11-26-20)22-23(28-17-8-6-5-7-9-17)21-18(29-22)13-30(14-19(21)32)24(33)25(2,3)4/h5-12,28-29H,13-14H2,1-4H3,(H,26,27,31). The summed E-state index contributed by atoms with van der Waals surface area (Å²) in [6, 6.07) is 13.1. The number of hydrogen-bond donors (Lipinski definition) is 3. The summed E-state index contributed by atoms with van der Waals surface area (Å²) in [6.45, 7) is 7.29. The van der Waals surface area contributed by atoms with E-state index >= 15 is 0 Å². The van der Waals surface area contributed by atoms with Crippen molar-refractivity contribution in [3.8, 4) is 11.3 Å². The topological polar surface area (TPSA) is 107 Å². The molecule has 33 heavy (non-hydrogen) atoms. The van der Waals surface area contributed by atoms with Crippen molar-refractivity contribution in [3.05, 3.63) is 59.9 Å². The lowest BCUT2D eigenvalue weighted by Crippen LogP contribution is -2.44. The molecule has 3 heterocycles. The van der Waals surface area contributed by atoms with E-state index in [1.807, 2.05) is 51.1 Å². The van der Waals surface area contributed by atoms with E-state index in [-0.39, 0.29) is 24.1 Å². The van der Waals surface area contributed by atoms with Crippen LogP contribution in [0.3, 0.4) is 0 Å². The number of carbonyl (C=O) groups excluding carboxylic acids is 3. The Morgan fingerprint density at radius 3 is 2.48 bits per heavy atom. The van der Waals surface area contributed by atoms with E-state index in [9.17, 15) is 14.4 Å². The normalized spacial score (nSPS) is 13.5. The molecule has 0 saturated heterocycles. The van der Waals surface area contributed by atoms with Crippen molar-refractivity contribution < 1.29 is 14.4 Å². The third kappa shape index (κ3) is 4.64. The Bertz CT molecular complexity index is 1220. The molecule has 0 unspecified atom stereocenters. The number of nitrogens with zero attached hydrogens (tertiary/aromatic N) is 2. The molecule has 4 rings (SSSR count). The number of para-hydroxylation sites is 1. The minimum Gasteiger partial charge on any atom is -0.355 e. The molecule has 2 aromatic heterocycles. The number of carbonyl (C=O) groups is 3. The lowest BCUT2D eigenvalue weighted by Gasteiger charge is -2.31. The Balaban J connectivity index is 1.81. The second kappa shape index (κ2) is 8.54. The van der Waals surface area contributed by atoms with Crippen LogP contribution in [0.15, 0.2) is 48.7 Å². The maximum Gasteiger partial charge on any atom is 0.228 e. The number of hydrogen-bond acceptors (Lipinski definition) is 5. The smallest absolute Gasteiger partial charge is 0.228 e. The molecule has 0 saturated carbocycles. The van der Waals surface area contributed by atoms with Crippen LogP contribution in [0.4, 0.5) is 17.2 Å². The SMILES string of the molecule is CC(=O)Nc1cc(-c2[nH]c3c(c2Nc2ccccc2)C(=O)CN(C(=O)C(C)(C)C)C3)ccn1. The number of aromatic amines is 1. The van der Waals surface area contributed by atoms with Gasteiger partial charge in [-0.25, -0.2) is 4.98 Å². The molecule has 0 spiro atoms. The van der Waals surface area contributed by atoms with Gasteiger partial charge >= 0.3 is 0 Å². The average molecular weight is 446 g/mol. The summed E-state index contributed by atoms with van der Waals surface area (Å²) in [5.41, 5.74) is 3.55. The Morgan fingerprint density at radius 2 is 1.82 bits per heavy atom. The van der Waals surface area contributed by atoms with Crippen LogP contribution in [0.25, 0.3) is 11.3 Å². The fourth-order valence-corrected chi connectivity index (χ4v) is 3.94.